The second-order valence-electron chi connectivity index (χ2n) is 8.63. The molecule has 2 unspecified atom stereocenters. The molecule has 35 heavy (non-hydrogen) atoms. The van der Waals surface area contributed by atoms with Gasteiger partial charge in [-0.05, 0) is 38.3 Å². The maximum absolute atomic E-state index is 16.1. The Morgan fingerprint density at radius 2 is 2.00 bits per heavy atom. The molecule has 6 nitrogen and oxygen atoms in total. The van der Waals surface area contributed by atoms with Gasteiger partial charge in [0.25, 0.3) is 0 Å². The molecule has 0 amide bonds. The van der Waals surface area contributed by atoms with Crippen molar-refractivity contribution in [2.45, 2.75) is 32.4 Å². The van der Waals surface area contributed by atoms with E-state index in [0.717, 1.165) is 18.4 Å². The number of methoxy groups -OCH3 is 1. The Hall–Kier alpha value is -3.83. The molecule has 0 aliphatic carbocycles. The second-order valence-corrected chi connectivity index (χ2v) is 8.63. The molecule has 1 aliphatic rings. The number of anilines is 1. The Balaban J connectivity index is 1.76. The molecule has 2 aromatic heterocycles. The van der Waals surface area contributed by atoms with Gasteiger partial charge in [0.05, 0.1) is 18.1 Å². The molecular formula is C27H25F2N5O. The molecule has 0 radical (unpaired) electrons. The maximum atomic E-state index is 16.1. The number of benzene rings is 2. The first-order valence-corrected chi connectivity index (χ1v) is 11.5. The standard InChI is InChI=1S/C27H25F2N5O/c1-5-7-17-20(28)11-10-16-8-6-9-18(22(16)17)24-23(29)25-19(14-31-24)26(33-27(32-25)35-4)34(3)21-12-13-30-15(21)2/h6,8-11,14-15,21,30H,12-13H2,1-4H3. The summed E-state index contributed by atoms with van der Waals surface area (Å²) in [6, 6.07) is 8.87. The largest absolute Gasteiger partial charge is 0.467 e. The van der Waals surface area contributed by atoms with Crippen molar-refractivity contribution >= 4 is 27.5 Å². The van der Waals surface area contributed by atoms with Gasteiger partial charge >= 0.3 is 6.01 Å². The Labute approximate surface area is 202 Å². The van der Waals surface area contributed by atoms with E-state index in [1.165, 1.54) is 13.2 Å². The van der Waals surface area contributed by atoms with E-state index in [9.17, 15) is 4.39 Å². The number of aromatic nitrogens is 3. The van der Waals surface area contributed by atoms with Crippen LogP contribution in [0.1, 0.15) is 25.8 Å². The monoisotopic (exact) mass is 473 g/mol. The summed E-state index contributed by atoms with van der Waals surface area (Å²) >= 11 is 0. The molecule has 2 aromatic carbocycles. The number of pyridine rings is 1. The minimum absolute atomic E-state index is 0.0653. The molecule has 8 heteroatoms. The zero-order valence-electron chi connectivity index (χ0n) is 20.0. The first-order chi connectivity index (χ1) is 16.9. The highest BCUT2D eigenvalue weighted by molar-refractivity contribution is 6.02. The molecule has 1 N–H and O–H groups in total. The molecule has 1 fully saturated rings. The number of halogens is 2. The Bertz CT molecular complexity index is 1510. The molecule has 178 valence electrons. The lowest BCUT2D eigenvalue weighted by Gasteiger charge is -2.29. The number of nitrogens with one attached hydrogen (secondary N) is 1. The zero-order valence-corrected chi connectivity index (χ0v) is 20.0. The van der Waals surface area contributed by atoms with Crippen molar-refractivity contribution < 1.29 is 13.5 Å². The van der Waals surface area contributed by atoms with Gasteiger partial charge in [-0.25, -0.2) is 8.78 Å². The van der Waals surface area contributed by atoms with Crippen LogP contribution in [-0.4, -0.2) is 47.7 Å². The van der Waals surface area contributed by atoms with Gasteiger partial charge in [-0.3, -0.25) is 4.98 Å². The van der Waals surface area contributed by atoms with Gasteiger partial charge in [-0.15, -0.1) is 5.92 Å². The third kappa shape index (κ3) is 3.82. The van der Waals surface area contributed by atoms with Gasteiger partial charge in [-0.1, -0.05) is 30.2 Å². The Morgan fingerprint density at radius 1 is 1.17 bits per heavy atom. The number of hydrogen-bond donors (Lipinski definition) is 1. The quantitative estimate of drug-likeness (QED) is 0.434. The summed E-state index contributed by atoms with van der Waals surface area (Å²) in [5.74, 6) is 5.04. The van der Waals surface area contributed by atoms with E-state index < -0.39 is 11.6 Å². The van der Waals surface area contributed by atoms with E-state index >= 15 is 4.39 Å². The molecular weight excluding hydrogens is 448 g/mol. The topological polar surface area (TPSA) is 63.2 Å². The van der Waals surface area contributed by atoms with Crippen LogP contribution < -0.4 is 15.0 Å². The fourth-order valence-electron chi connectivity index (χ4n) is 4.90. The van der Waals surface area contributed by atoms with Gasteiger partial charge < -0.3 is 15.0 Å². The molecule has 1 aliphatic heterocycles. The number of nitrogens with zero attached hydrogens (tertiary/aromatic N) is 4. The highest BCUT2D eigenvalue weighted by Gasteiger charge is 2.30. The normalized spacial score (nSPS) is 17.4. The van der Waals surface area contributed by atoms with E-state index in [1.807, 2.05) is 18.0 Å². The lowest BCUT2D eigenvalue weighted by molar-refractivity contribution is 0.381. The zero-order chi connectivity index (χ0) is 24.7. The van der Waals surface area contributed by atoms with E-state index in [2.05, 4.69) is 39.0 Å². The van der Waals surface area contributed by atoms with Crippen molar-refractivity contribution in [2.75, 3.05) is 25.6 Å². The number of hydrogen-bond acceptors (Lipinski definition) is 6. The van der Waals surface area contributed by atoms with Crippen LogP contribution in [0, 0.1) is 23.5 Å². The predicted octanol–water partition coefficient (Wildman–Crippen LogP) is 4.69. The average Bonchev–Trinajstić information content (AvgIpc) is 3.30. The van der Waals surface area contributed by atoms with Crippen molar-refractivity contribution in [3.05, 3.63) is 53.7 Å². The molecule has 1 saturated heterocycles. The summed E-state index contributed by atoms with van der Waals surface area (Å²) in [6.45, 7) is 4.65. The van der Waals surface area contributed by atoms with Crippen molar-refractivity contribution in [1.29, 1.82) is 0 Å². The third-order valence-electron chi connectivity index (χ3n) is 6.64. The van der Waals surface area contributed by atoms with Crippen LogP contribution >= 0.6 is 0 Å². The summed E-state index contributed by atoms with van der Waals surface area (Å²) in [7, 11) is 3.39. The second kappa shape index (κ2) is 9.08. The molecule has 0 saturated carbocycles. The fraction of sp³-hybridized carbons (Fsp3) is 0.296. The first-order valence-electron chi connectivity index (χ1n) is 11.5. The minimum atomic E-state index is -0.623. The van der Waals surface area contributed by atoms with Crippen LogP contribution in [0.15, 0.2) is 36.5 Å². The predicted molar refractivity (Wildman–Crippen MR) is 134 cm³/mol. The van der Waals surface area contributed by atoms with Gasteiger partial charge in [0.1, 0.15) is 22.8 Å². The van der Waals surface area contributed by atoms with E-state index in [-0.39, 0.29) is 34.9 Å². The summed E-state index contributed by atoms with van der Waals surface area (Å²) in [6.07, 6.45) is 2.51. The van der Waals surface area contributed by atoms with E-state index in [4.69, 9.17) is 4.74 Å². The van der Waals surface area contributed by atoms with Crippen LogP contribution in [0.2, 0.25) is 0 Å². The molecule has 3 heterocycles. The van der Waals surface area contributed by atoms with Crippen LogP contribution in [0.4, 0.5) is 14.6 Å². The van der Waals surface area contributed by atoms with Crippen LogP contribution in [0.5, 0.6) is 6.01 Å². The fourth-order valence-corrected chi connectivity index (χ4v) is 4.90. The lowest BCUT2D eigenvalue weighted by Crippen LogP contribution is -2.40. The lowest BCUT2D eigenvalue weighted by atomic mass is 9.96. The first kappa shape index (κ1) is 22.9. The highest BCUT2D eigenvalue weighted by atomic mass is 19.1. The average molecular weight is 474 g/mol. The van der Waals surface area contributed by atoms with Gasteiger partial charge in [0, 0.05) is 36.3 Å². The van der Waals surface area contributed by atoms with E-state index in [1.54, 1.807) is 31.3 Å². The summed E-state index contributed by atoms with van der Waals surface area (Å²) in [4.78, 5) is 15.4. The van der Waals surface area contributed by atoms with Crippen LogP contribution in [-0.2, 0) is 0 Å². The summed E-state index contributed by atoms with van der Waals surface area (Å²) < 4.78 is 36.2. The van der Waals surface area contributed by atoms with Crippen LogP contribution in [0.25, 0.3) is 32.9 Å². The Morgan fingerprint density at radius 3 is 2.71 bits per heavy atom. The maximum Gasteiger partial charge on any atom is 0.318 e. The number of ether oxygens (including phenoxy) is 1. The van der Waals surface area contributed by atoms with Gasteiger partial charge in [0.15, 0.2) is 5.82 Å². The molecule has 2 atom stereocenters. The molecule has 0 spiro atoms. The van der Waals surface area contributed by atoms with Crippen molar-refractivity contribution in [2.24, 2.45) is 0 Å². The van der Waals surface area contributed by atoms with Gasteiger partial charge in [0.2, 0.25) is 0 Å². The smallest absolute Gasteiger partial charge is 0.318 e. The van der Waals surface area contributed by atoms with Gasteiger partial charge in [-0.2, -0.15) is 9.97 Å². The summed E-state index contributed by atoms with van der Waals surface area (Å²) in [5, 5.41) is 5.16. The third-order valence-corrected chi connectivity index (χ3v) is 6.64. The summed E-state index contributed by atoms with van der Waals surface area (Å²) in [5.41, 5.74) is 0.822. The van der Waals surface area contributed by atoms with E-state index in [0.29, 0.717) is 22.2 Å². The molecule has 4 aromatic rings. The van der Waals surface area contributed by atoms with Crippen molar-refractivity contribution in [3.63, 3.8) is 0 Å². The molecule has 5 rings (SSSR count). The van der Waals surface area contributed by atoms with Crippen molar-refractivity contribution in [3.8, 4) is 29.1 Å². The molecule has 0 bridgehead atoms. The number of likely N-dealkylation sites (N-methyl/N-ethyl adjacent to an activating group) is 1. The SMILES string of the molecule is CC#Cc1c(F)ccc2cccc(-c3ncc4c(N(C)C5CCNC5C)nc(OC)nc4c3F)c12. The highest BCUT2D eigenvalue weighted by Crippen LogP contribution is 2.37. The van der Waals surface area contributed by atoms with Crippen LogP contribution in [0.3, 0.4) is 0 Å². The Kier molecular flexibility index (Phi) is 5.95. The minimum Gasteiger partial charge on any atom is -0.467 e. The number of fused-ring (bicyclic) bond motifs is 2. The number of rotatable bonds is 4. The van der Waals surface area contributed by atoms with Crippen molar-refractivity contribution in [1.82, 2.24) is 20.3 Å².